The number of hydrogen-bond acceptors (Lipinski definition) is 7. The Morgan fingerprint density at radius 2 is 1.81 bits per heavy atom. The third-order valence-electron chi connectivity index (χ3n) is 3.13. The van der Waals surface area contributed by atoms with Crippen LogP contribution in [0.25, 0.3) is 0 Å². The van der Waals surface area contributed by atoms with E-state index in [4.69, 9.17) is 0 Å². The van der Waals surface area contributed by atoms with E-state index in [1.165, 1.54) is 6.07 Å². The highest BCUT2D eigenvalue weighted by atomic mass is 16.3. The molecule has 0 aliphatic carbocycles. The minimum atomic E-state index is -0.168. The highest BCUT2D eigenvalue weighted by Crippen LogP contribution is 2.28. The SMILES string of the molecule is CC1N=C(N(C)C)NC(N(C)Cc2cccc(O)c2O)=N1. The lowest BCUT2D eigenvalue weighted by Crippen LogP contribution is -2.49. The number of nitrogens with zero attached hydrogens (tertiary/aromatic N) is 4. The van der Waals surface area contributed by atoms with Crippen LogP contribution < -0.4 is 5.32 Å². The standard InChI is InChI=1S/C14H21N5O2/c1-9-15-13(18(2)3)17-14(16-9)19(4)8-10-6-5-7-11(20)12(10)21/h5-7,9,20-21H,8H2,1-4H3,(H,15,16,17). The molecule has 7 nitrogen and oxygen atoms in total. The maximum absolute atomic E-state index is 9.87. The largest absolute Gasteiger partial charge is 0.504 e. The Kier molecular flexibility index (Phi) is 4.21. The van der Waals surface area contributed by atoms with Gasteiger partial charge in [-0.3, -0.25) is 5.32 Å². The number of nitrogens with one attached hydrogen (secondary N) is 1. The van der Waals surface area contributed by atoms with Gasteiger partial charge >= 0.3 is 0 Å². The molecule has 1 aromatic rings. The van der Waals surface area contributed by atoms with Crippen molar-refractivity contribution in [2.45, 2.75) is 19.6 Å². The Labute approximate surface area is 124 Å². The lowest BCUT2D eigenvalue weighted by atomic mass is 10.2. The van der Waals surface area contributed by atoms with Gasteiger partial charge in [0.2, 0.25) is 11.9 Å². The highest BCUT2D eigenvalue weighted by molar-refractivity contribution is 5.99. The van der Waals surface area contributed by atoms with Gasteiger partial charge in [-0.25, -0.2) is 9.98 Å². The molecule has 1 unspecified atom stereocenters. The summed E-state index contributed by atoms with van der Waals surface area (Å²) in [6.45, 7) is 2.32. The van der Waals surface area contributed by atoms with E-state index >= 15 is 0 Å². The third kappa shape index (κ3) is 3.36. The molecule has 1 aliphatic heterocycles. The van der Waals surface area contributed by atoms with E-state index in [0.717, 1.165) is 5.96 Å². The second-order valence-electron chi connectivity index (χ2n) is 5.20. The van der Waals surface area contributed by atoms with Gasteiger partial charge in [0.25, 0.3) is 0 Å². The van der Waals surface area contributed by atoms with E-state index in [9.17, 15) is 10.2 Å². The van der Waals surface area contributed by atoms with Crippen LogP contribution in [0.5, 0.6) is 11.5 Å². The summed E-state index contributed by atoms with van der Waals surface area (Å²) in [4.78, 5) is 12.6. The number of guanidine groups is 2. The minimum Gasteiger partial charge on any atom is -0.504 e. The van der Waals surface area contributed by atoms with Crippen LogP contribution in [0.3, 0.4) is 0 Å². The first-order chi connectivity index (χ1) is 9.88. The summed E-state index contributed by atoms with van der Waals surface area (Å²) in [6, 6.07) is 4.91. The Hall–Kier alpha value is -2.44. The number of rotatable bonds is 2. The smallest absolute Gasteiger partial charge is 0.202 e. The second-order valence-corrected chi connectivity index (χ2v) is 5.20. The number of phenolic OH excluding ortho intramolecular Hbond substituents is 2. The van der Waals surface area contributed by atoms with Gasteiger partial charge in [-0.2, -0.15) is 0 Å². The monoisotopic (exact) mass is 291 g/mol. The molecule has 3 N–H and O–H groups in total. The van der Waals surface area contributed by atoms with E-state index in [1.54, 1.807) is 12.1 Å². The molecule has 1 atom stereocenters. The summed E-state index contributed by atoms with van der Waals surface area (Å²) in [6.07, 6.45) is -0.168. The Balaban J connectivity index is 2.14. The van der Waals surface area contributed by atoms with E-state index < -0.39 is 0 Å². The number of phenols is 2. The van der Waals surface area contributed by atoms with Crippen LogP contribution in [0.15, 0.2) is 28.2 Å². The first-order valence-corrected chi connectivity index (χ1v) is 6.69. The quantitative estimate of drug-likeness (QED) is 0.700. The summed E-state index contributed by atoms with van der Waals surface area (Å²) in [5, 5.41) is 22.6. The van der Waals surface area contributed by atoms with Crippen molar-refractivity contribution >= 4 is 11.9 Å². The Morgan fingerprint density at radius 3 is 2.48 bits per heavy atom. The molecule has 0 spiro atoms. The molecule has 0 radical (unpaired) electrons. The Morgan fingerprint density at radius 1 is 1.14 bits per heavy atom. The average Bonchev–Trinajstić information content (AvgIpc) is 2.43. The second kappa shape index (κ2) is 5.90. The van der Waals surface area contributed by atoms with Crippen molar-refractivity contribution in [2.24, 2.45) is 9.98 Å². The summed E-state index contributed by atoms with van der Waals surface area (Å²) >= 11 is 0. The highest BCUT2D eigenvalue weighted by Gasteiger charge is 2.19. The summed E-state index contributed by atoms with van der Waals surface area (Å²) in [7, 11) is 5.67. The van der Waals surface area contributed by atoms with Crippen molar-refractivity contribution in [3.63, 3.8) is 0 Å². The van der Waals surface area contributed by atoms with Crippen LogP contribution in [0, 0.1) is 0 Å². The molecule has 2 rings (SSSR count). The van der Waals surface area contributed by atoms with Gasteiger partial charge < -0.3 is 20.0 Å². The molecule has 21 heavy (non-hydrogen) atoms. The maximum atomic E-state index is 9.87. The molecule has 0 saturated carbocycles. The fraction of sp³-hybridized carbons (Fsp3) is 0.429. The summed E-state index contributed by atoms with van der Waals surface area (Å²) in [5.41, 5.74) is 0.628. The molecule has 1 heterocycles. The van der Waals surface area contributed by atoms with Gasteiger partial charge in [-0.05, 0) is 13.0 Å². The molecule has 0 aromatic heterocycles. The fourth-order valence-corrected chi connectivity index (χ4v) is 2.00. The molecule has 0 saturated heterocycles. The molecule has 7 heteroatoms. The zero-order chi connectivity index (χ0) is 15.6. The van der Waals surface area contributed by atoms with Crippen molar-refractivity contribution < 1.29 is 10.2 Å². The molecule has 0 amide bonds. The number of aromatic hydroxyl groups is 2. The number of para-hydroxylation sites is 1. The predicted molar refractivity (Wildman–Crippen MR) is 82.4 cm³/mol. The van der Waals surface area contributed by atoms with Gasteiger partial charge in [0, 0.05) is 33.3 Å². The van der Waals surface area contributed by atoms with Gasteiger partial charge in [0.05, 0.1) is 0 Å². The van der Waals surface area contributed by atoms with Crippen LogP contribution in [0.4, 0.5) is 0 Å². The van der Waals surface area contributed by atoms with Gasteiger partial charge in [-0.1, -0.05) is 12.1 Å². The normalized spacial score (nSPS) is 17.6. The van der Waals surface area contributed by atoms with E-state index in [2.05, 4.69) is 15.3 Å². The van der Waals surface area contributed by atoms with Gasteiger partial charge in [-0.15, -0.1) is 0 Å². The molecule has 1 aromatic carbocycles. The van der Waals surface area contributed by atoms with Crippen LogP contribution in [-0.4, -0.2) is 59.2 Å². The topological polar surface area (TPSA) is 83.7 Å². The van der Waals surface area contributed by atoms with Gasteiger partial charge in [0.1, 0.15) is 6.17 Å². The summed E-state index contributed by atoms with van der Waals surface area (Å²) < 4.78 is 0. The molecule has 0 bridgehead atoms. The van der Waals surface area contributed by atoms with Crippen molar-refractivity contribution in [3.05, 3.63) is 23.8 Å². The van der Waals surface area contributed by atoms with Crippen molar-refractivity contribution in [1.82, 2.24) is 15.1 Å². The molecule has 0 fully saturated rings. The van der Waals surface area contributed by atoms with Crippen LogP contribution in [0.2, 0.25) is 0 Å². The van der Waals surface area contributed by atoms with Crippen LogP contribution in [0.1, 0.15) is 12.5 Å². The molecule has 114 valence electrons. The number of benzene rings is 1. The predicted octanol–water partition coefficient (Wildman–Crippen LogP) is 0.752. The third-order valence-corrected chi connectivity index (χ3v) is 3.13. The fourth-order valence-electron chi connectivity index (χ4n) is 2.00. The molecule has 1 aliphatic rings. The maximum Gasteiger partial charge on any atom is 0.202 e. The van der Waals surface area contributed by atoms with Crippen molar-refractivity contribution in [1.29, 1.82) is 0 Å². The van der Waals surface area contributed by atoms with Gasteiger partial charge in [0.15, 0.2) is 11.5 Å². The van der Waals surface area contributed by atoms with E-state index in [0.29, 0.717) is 18.1 Å². The summed E-state index contributed by atoms with van der Waals surface area (Å²) in [5.74, 6) is 1.18. The first kappa shape index (κ1) is 15.0. The van der Waals surface area contributed by atoms with E-state index in [1.807, 2.05) is 37.9 Å². The minimum absolute atomic E-state index is 0.102. The van der Waals surface area contributed by atoms with Crippen LogP contribution >= 0.6 is 0 Å². The lowest BCUT2D eigenvalue weighted by Gasteiger charge is -2.29. The van der Waals surface area contributed by atoms with Crippen molar-refractivity contribution in [2.75, 3.05) is 21.1 Å². The van der Waals surface area contributed by atoms with E-state index in [-0.39, 0.29) is 17.7 Å². The number of aliphatic imine (C=N–C) groups is 2. The van der Waals surface area contributed by atoms with Crippen molar-refractivity contribution in [3.8, 4) is 11.5 Å². The van der Waals surface area contributed by atoms with Crippen LogP contribution in [-0.2, 0) is 6.54 Å². The Bertz CT molecular complexity index is 583. The zero-order valence-electron chi connectivity index (χ0n) is 12.7. The zero-order valence-corrected chi connectivity index (χ0v) is 12.7. The first-order valence-electron chi connectivity index (χ1n) is 6.69. The molecular weight excluding hydrogens is 270 g/mol. The number of hydrogen-bond donors (Lipinski definition) is 3. The average molecular weight is 291 g/mol. The molecular formula is C14H21N5O2. The lowest BCUT2D eigenvalue weighted by molar-refractivity contribution is 0.388.